The Morgan fingerprint density at radius 1 is 0.929 bits per heavy atom. The fourth-order valence-corrected chi connectivity index (χ4v) is 2.57. The molecule has 0 fully saturated rings. The monoisotopic (exact) mass is 258 g/mol. The van der Waals surface area contributed by atoms with Crippen molar-refractivity contribution in [2.45, 2.75) is 0 Å². The summed E-state index contributed by atoms with van der Waals surface area (Å²) in [4.78, 5) is 0. The molecule has 0 aliphatic rings. The molecule has 2 N–H and O–H groups in total. The summed E-state index contributed by atoms with van der Waals surface area (Å²) >= 11 is -4.73. The number of hydrogen-bond donors (Lipinski definition) is 2. The minimum atomic E-state index is -4.73. The van der Waals surface area contributed by atoms with Gasteiger partial charge in [0.25, 0.3) is 0 Å². The average Bonchev–Trinajstić information content (AvgIpc) is 2.16. The Labute approximate surface area is 83.7 Å². The summed E-state index contributed by atoms with van der Waals surface area (Å²) in [5.41, 5.74) is 0. The minimum absolute atomic E-state index is 0.127. The number of hydrogen-bond acceptors (Lipinski definition) is 1. The van der Waals surface area contributed by atoms with Crippen molar-refractivity contribution in [2.24, 2.45) is 0 Å². The van der Waals surface area contributed by atoms with Gasteiger partial charge in [-0.3, -0.25) is 0 Å². The molecule has 0 aliphatic heterocycles. The third-order valence-corrected chi connectivity index (χ3v) is 4.06. The standard InChI is InChI=1S/C10H10O3Se/c11-14(12,13)10-6-5-8-3-1-2-4-9(8)7-10/h1-7,14H,(H2,11,12,13). The fraction of sp³-hybridized carbons (Fsp3) is 0. The molecule has 0 saturated heterocycles. The SMILES string of the molecule is O=[SeH](O)(O)c1ccc2ccccc2c1. The van der Waals surface area contributed by atoms with E-state index in [1.54, 1.807) is 12.1 Å². The van der Waals surface area contributed by atoms with Crippen LogP contribution in [0.4, 0.5) is 0 Å². The normalized spacial score (nSPS) is 13.0. The average molecular weight is 257 g/mol. The molecule has 2 rings (SSSR count). The molecule has 14 heavy (non-hydrogen) atoms. The van der Waals surface area contributed by atoms with Gasteiger partial charge < -0.3 is 0 Å². The van der Waals surface area contributed by atoms with Crippen molar-refractivity contribution in [3.63, 3.8) is 0 Å². The van der Waals surface area contributed by atoms with Gasteiger partial charge in [0.2, 0.25) is 0 Å². The second kappa shape index (κ2) is 3.26. The first-order valence-electron chi connectivity index (χ1n) is 4.12. The van der Waals surface area contributed by atoms with Gasteiger partial charge in [-0.1, -0.05) is 0 Å². The number of benzene rings is 2. The second-order valence-corrected chi connectivity index (χ2v) is 6.44. The molecule has 0 heterocycles. The van der Waals surface area contributed by atoms with Crippen LogP contribution in [0.2, 0.25) is 0 Å². The molecule has 0 spiro atoms. The van der Waals surface area contributed by atoms with Gasteiger partial charge in [-0.05, 0) is 0 Å². The summed E-state index contributed by atoms with van der Waals surface area (Å²) < 4.78 is 29.2. The van der Waals surface area contributed by atoms with E-state index in [0.717, 1.165) is 10.8 Å². The van der Waals surface area contributed by atoms with E-state index < -0.39 is 13.4 Å². The first-order valence-corrected chi connectivity index (χ1v) is 7.50. The van der Waals surface area contributed by atoms with Crippen molar-refractivity contribution in [3.8, 4) is 0 Å². The predicted molar refractivity (Wildman–Crippen MR) is 55.9 cm³/mol. The fourth-order valence-electron chi connectivity index (χ4n) is 1.36. The Bertz CT molecular complexity index is 516. The van der Waals surface area contributed by atoms with Gasteiger partial charge in [0.1, 0.15) is 0 Å². The zero-order valence-electron chi connectivity index (χ0n) is 7.29. The van der Waals surface area contributed by atoms with Crippen LogP contribution in [-0.4, -0.2) is 21.8 Å². The van der Waals surface area contributed by atoms with E-state index >= 15 is 0 Å². The molecule has 0 aromatic heterocycles. The van der Waals surface area contributed by atoms with Crippen molar-refractivity contribution in [2.75, 3.05) is 0 Å². The molecule has 0 radical (unpaired) electrons. The van der Waals surface area contributed by atoms with E-state index in [1.807, 2.05) is 24.3 Å². The van der Waals surface area contributed by atoms with E-state index in [4.69, 9.17) is 8.38 Å². The van der Waals surface area contributed by atoms with Gasteiger partial charge in [-0.15, -0.1) is 0 Å². The van der Waals surface area contributed by atoms with Crippen LogP contribution >= 0.6 is 0 Å². The van der Waals surface area contributed by atoms with Gasteiger partial charge in [-0.25, -0.2) is 0 Å². The van der Waals surface area contributed by atoms with Gasteiger partial charge in [0.05, 0.1) is 0 Å². The zero-order valence-corrected chi connectivity index (χ0v) is 9.17. The first-order chi connectivity index (χ1) is 6.57. The molecule has 0 atom stereocenters. The van der Waals surface area contributed by atoms with Crippen LogP contribution in [0.25, 0.3) is 10.8 Å². The Morgan fingerprint density at radius 3 is 2.21 bits per heavy atom. The van der Waals surface area contributed by atoms with E-state index in [1.165, 1.54) is 6.07 Å². The van der Waals surface area contributed by atoms with Crippen molar-refractivity contribution in [3.05, 3.63) is 42.5 Å². The van der Waals surface area contributed by atoms with Crippen LogP contribution < -0.4 is 4.46 Å². The molecule has 4 heteroatoms. The summed E-state index contributed by atoms with van der Waals surface area (Å²) in [5.74, 6) is 0. The predicted octanol–water partition coefficient (Wildman–Crippen LogP) is 0.133. The third-order valence-electron chi connectivity index (χ3n) is 2.07. The summed E-state index contributed by atoms with van der Waals surface area (Å²) in [7, 11) is 0. The van der Waals surface area contributed by atoms with Crippen molar-refractivity contribution >= 4 is 28.7 Å². The Kier molecular flexibility index (Phi) is 2.21. The molecule has 2 aromatic carbocycles. The maximum absolute atomic E-state index is 11.0. The summed E-state index contributed by atoms with van der Waals surface area (Å²) in [6.45, 7) is 0. The Balaban J connectivity index is 2.69. The van der Waals surface area contributed by atoms with Crippen molar-refractivity contribution < 1.29 is 12.2 Å². The molecule has 0 bridgehead atoms. The Morgan fingerprint density at radius 2 is 1.57 bits per heavy atom. The first kappa shape index (κ1) is 9.49. The molecule has 2 aromatic rings. The van der Waals surface area contributed by atoms with Crippen LogP contribution in [0, 0.1) is 0 Å². The topological polar surface area (TPSA) is 57.5 Å². The van der Waals surface area contributed by atoms with Crippen LogP contribution in [0.3, 0.4) is 0 Å². The zero-order chi connectivity index (χ0) is 10.2. The molecular weight excluding hydrogens is 247 g/mol. The molecule has 0 saturated carbocycles. The van der Waals surface area contributed by atoms with Crippen molar-refractivity contribution in [1.29, 1.82) is 0 Å². The molecule has 0 amide bonds. The molecule has 74 valence electrons. The van der Waals surface area contributed by atoms with Gasteiger partial charge in [0.15, 0.2) is 0 Å². The van der Waals surface area contributed by atoms with Crippen LogP contribution in [0.15, 0.2) is 42.5 Å². The third kappa shape index (κ3) is 1.74. The van der Waals surface area contributed by atoms with Crippen LogP contribution in [-0.2, 0) is 3.83 Å². The Hall–Kier alpha value is -1.06. The van der Waals surface area contributed by atoms with Gasteiger partial charge in [-0.2, -0.15) is 0 Å². The van der Waals surface area contributed by atoms with E-state index in [9.17, 15) is 3.83 Å². The summed E-state index contributed by atoms with van der Waals surface area (Å²) in [6.07, 6.45) is 0. The van der Waals surface area contributed by atoms with Crippen LogP contribution in [0.1, 0.15) is 0 Å². The molecule has 0 unspecified atom stereocenters. The van der Waals surface area contributed by atoms with E-state index in [2.05, 4.69) is 0 Å². The molecular formula is C10H10O3Se. The maximum atomic E-state index is 11.0. The van der Waals surface area contributed by atoms with Crippen LogP contribution in [0.5, 0.6) is 0 Å². The summed E-state index contributed by atoms with van der Waals surface area (Å²) in [5, 5.41) is 1.84. The van der Waals surface area contributed by atoms with Crippen molar-refractivity contribution in [1.82, 2.24) is 0 Å². The van der Waals surface area contributed by atoms with E-state index in [-0.39, 0.29) is 4.46 Å². The quantitative estimate of drug-likeness (QED) is 0.714. The second-order valence-electron chi connectivity index (χ2n) is 3.08. The van der Waals surface area contributed by atoms with Gasteiger partial charge >= 0.3 is 83.3 Å². The molecule has 3 nitrogen and oxygen atoms in total. The molecule has 0 aliphatic carbocycles. The summed E-state index contributed by atoms with van der Waals surface area (Å²) in [6, 6.07) is 12.3. The number of rotatable bonds is 1. The van der Waals surface area contributed by atoms with Gasteiger partial charge in [0, 0.05) is 0 Å². The number of fused-ring (bicyclic) bond motifs is 1. The van der Waals surface area contributed by atoms with E-state index in [0.29, 0.717) is 0 Å².